The van der Waals surface area contributed by atoms with Gasteiger partial charge in [0, 0.05) is 8.96 Å². The van der Waals surface area contributed by atoms with Crippen LogP contribution in [0.25, 0.3) is 10.9 Å². The Morgan fingerprint density at radius 1 is 1.57 bits per heavy atom. The summed E-state index contributed by atoms with van der Waals surface area (Å²) in [4.78, 5) is 11.0. The predicted molar refractivity (Wildman–Crippen MR) is 63.1 cm³/mol. The molecule has 4 heteroatoms. The fourth-order valence-electron chi connectivity index (χ4n) is 1.38. The Morgan fingerprint density at radius 2 is 2.36 bits per heavy atom. The molecule has 0 saturated carbocycles. The molecule has 3 nitrogen and oxygen atoms in total. The molecule has 1 heterocycles. The molecule has 72 valence electrons. The van der Waals surface area contributed by atoms with Gasteiger partial charge in [0.05, 0.1) is 18.3 Å². The SMILES string of the molecule is CC(=O)Cn1ncc2ccc(I)cc21. The van der Waals surface area contributed by atoms with E-state index in [1.807, 2.05) is 18.2 Å². The number of hydrogen-bond acceptors (Lipinski definition) is 2. The first kappa shape index (κ1) is 9.64. The molecule has 1 aromatic heterocycles. The average Bonchev–Trinajstić information content (AvgIpc) is 2.47. The fraction of sp³-hybridized carbons (Fsp3) is 0.200. The zero-order chi connectivity index (χ0) is 10.1. The molecule has 0 amide bonds. The Morgan fingerprint density at radius 3 is 3.07 bits per heavy atom. The van der Waals surface area contributed by atoms with Gasteiger partial charge in [-0.1, -0.05) is 6.07 Å². The third kappa shape index (κ3) is 1.79. The van der Waals surface area contributed by atoms with E-state index in [0.717, 1.165) is 14.5 Å². The lowest BCUT2D eigenvalue weighted by atomic mass is 10.2. The van der Waals surface area contributed by atoms with E-state index in [1.165, 1.54) is 0 Å². The number of halogens is 1. The summed E-state index contributed by atoms with van der Waals surface area (Å²) in [5.74, 6) is 0.119. The van der Waals surface area contributed by atoms with Crippen molar-refractivity contribution in [1.29, 1.82) is 0 Å². The number of hydrogen-bond donors (Lipinski definition) is 0. The summed E-state index contributed by atoms with van der Waals surface area (Å²) in [5, 5.41) is 5.24. The van der Waals surface area contributed by atoms with Crippen molar-refractivity contribution in [3.8, 4) is 0 Å². The maximum atomic E-state index is 11.0. The summed E-state index contributed by atoms with van der Waals surface area (Å²) >= 11 is 2.25. The standard InChI is InChI=1S/C10H9IN2O/c1-7(14)6-13-10-4-9(11)3-2-8(10)5-12-13/h2-5H,6H2,1H3. The molecule has 0 aliphatic heterocycles. The van der Waals surface area contributed by atoms with E-state index < -0.39 is 0 Å². The van der Waals surface area contributed by atoms with Crippen LogP contribution >= 0.6 is 22.6 Å². The van der Waals surface area contributed by atoms with Crippen LogP contribution in [0.4, 0.5) is 0 Å². The molecule has 0 aliphatic rings. The van der Waals surface area contributed by atoms with Gasteiger partial charge in [0.2, 0.25) is 0 Å². The first-order chi connectivity index (χ1) is 6.66. The third-order valence-corrected chi connectivity index (χ3v) is 2.65. The molecule has 2 aromatic rings. The van der Waals surface area contributed by atoms with Crippen LogP contribution in [0.15, 0.2) is 24.4 Å². The zero-order valence-corrected chi connectivity index (χ0v) is 9.85. The van der Waals surface area contributed by atoms with Crippen molar-refractivity contribution in [2.24, 2.45) is 0 Å². The Balaban J connectivity index is 2.55. The molecule has 2 rings (SSSR count). The van der Waals surface area contributed by atoms with Crippen molar-refractivity contribution in [2.75, 3.05) is 0 Å². The van der Waals surface area contributed by atoms with E-state index in [1.54, 1.807) is 17.8 Å². The molecule has 0 bridgehead atoms. The van der Waals surface area contributed by atoms with Crippen molar-refractivity contribution in [3.05, 3.63) is 28.0 Å². The molecule has 0 fully saturated rings. The average molecular weight is 300 g/mol. The van der Waals surface area contributed by atoms with Crippen LogP contribution in [0.3, 0.4) is 0 Å². The van der Waals surface area contributed by atoms with E-state index in [9.17, 15) is 4.79 Å². The van der Waals surface area contributed by atoms with E-state index >= 15 is 0 Å². The van der Waals surface area contributed by atoms with Gasteiger partial charge in [-0.15, -0.1) is 0 Å². The van der Waals surface area contributed by atoms with Crippen LogP contribution in [0.1, 0.15) is 6.92 Å². The Kier molecular flexibility index (Phi) is 2.54. The molecule has 0 N–H and O–H groups in total. The van der Waals surface area contributed by atoms with E-state index in [4.69, 9.17) is 0 Å². The van der Waals surface area contributed by atoms with Crippen LogP contribution in [0, 0.1) is 3.57 Å². The maximum Gasteiger partial charge on any atom is 0.151 e. The predicted octanol–water partition coefficient (Wildman–Crippen LogP) is 2.23. The van der Waals surface area contributed by atoms with Gasteiger partial charge in [-0.25, -0.2) is 0 Å². The highest BCUT2D eigenvalue weighted by molar-refractivity contribution is 14.1. The molecule has 0 aliphatic carbocycles. The monoisotopic (exact) mass is 300 g/mol. The summed E-state index contributed by atoms with van der Waals surface area (Å²) in [7, 11) is 0. The number of carbonyl (C=O) groups excluding carboxylic acids is 1. The van der Waals surface area contributed by atoms with Gasteiger partial charge >= 0.3 is 0 Å². The van der Waals surface area contributed by atoms with Crippen molar-refractivity contribution in [2.45, 2.75) is 13.5 Å². The van der Waals surface area contributed by atoms with Crippen molar-refractivity contribution in [3.63, 3.8) is 0 Å². The second kappa shape index (κ2) is 3.68. The highest BCUT2D eigenvalue weighted by atomic mass is 127. The molecular weight excluding hydrogens is 291 g/mol. The lowest BCUT2D eigenvalue weighted by Gasteiger charge is -1.99. The Bertz CT molecular complexity index is 490. The summed E-state index contributed by atoms with van der Waals surface area (Å²) in [6.45, 7) is 1.92. The molecule has 0 unspecified atom stereocenters. The number of ketones is 1. The Labute approximate surface area is 95.2 Å². The topological polar surface area (TPSA) is 34.9 Å². The lowest BCUT2D eigenvalue weighted by Crippen LogP contribution is -2.07. The minimum absolute atomic E-state index is 0.119. The number of fused-ring (bicyclic) bond motifs is 1. The van der Waals surface area contributed by atoms with Crippen LogP contribution in [-0.4, -0.2) is 15.6 Å². The van der Waals surface area contributed by atoms with Gasteiger partial charge < -0.3 is 0 Å². The quantitative estimate of drug-likeness (QED) is 0.797. The Hall–Kier alpha value is -0.910. The maximum absolute atomic E-state index is 11.0. The van der Waals surface area contributed by atoms with E-state index in [2.05, 4.69) is 27.7 Å². The number of rotatable bonds is 2. The normalized spacial score (nSPS) is 10.7. The van der Waals surface area contributed by atoms with Crippen LogP contribution < -0.4 is 0 Å². The second-order valence-electron chi connectivity index (χ2n) is 3.21. The largest absolute Gasteiger partial charge is 0.298 e. The van der Waals surface area contributed by atoms with Crippen molar-refractivity contribution in [1.82, 2.24) is 9.78 Å². The lowest BCUT2D eigenvalue weighted by molar-refractivity contribution is -0.117. The van der Waals surface area contributed by atoms with Gasteiger partial charge in [-0.2, -0.15) is 5.10 Å². The highest BCUT2D eigenvalue weighted by Gasteiger charge is 2.04. The molecule has 0 radical (unpaired) electrons. The summed E-state index contributed by atoms with van der Waals surface area (Å²) in [6, 6.07) is 6.08. The van der Waals surface area contributed by atoms with E-state index in [-0.39, 0.29) is 5.78 Å². The minimum Gasteiger partial charge on any atom is -0.298 e. The van der Waals surface area contributed by atoms with E-state index in [0.29, 0.717) is 6.54 Å². The number of carbonyl (C=O) groups is 1. The first-order valence-electron chi connectivity index (χ1n) is 4.27. The smallest absolute Gasteiger partial charge is 0.151 e. The van der Waals surface area contributed by atoms with Crippen molar-refractivity contribution < 1.29 is 4.79 Å². The minimum atomic E-state index is 0.119. The molecular formula is C10H9IN2O. The number of benzene rings is 1. The summed E-state index contributed by atoms with van der Waals surface area (Å²) in [5.41, 5.74) is 1.02. The highest BCUT2D eigenvalue weighted by Crippen LogP contribution is 2.16. The molecule has 14 heavy (non-hydrogen) atoms. The van der Waals surface area contributed by atoms with Gasteiger partial charge in [0.25, 0.3) is 0 Å². The molecule has 0 spiro atoms. The summed E-state index contributed by atoms with van der Waals surface area (Å²) < 4.78 is 2.89. The van der Waals surface area contributed by atoms with Crippen LogP contribution in [0.2, 0.25) is 0 Å². The molecule has 0 saturated heterocycles. The number of Topliss-reactive ketones (excluding diaryl/α,β-unsaturated/α-hetero) is 1. The number of aromatic nitrogens is 2. The second-order valence-corrected chi connectivity index (χ2v) is 4.45. The number of nitrogens with zero attached hydrogens (tertiary/aromatic N) is 2. The fourth-order valence-corrected chi connectivity index (χ4v) is 1.86. The van der Waals surface area contributed by atoms with Gasteiger partial charge in [0.1, 0.15) is 0 Å². The zero-order valence-electron chi connectivity index (χ0n) is 7.70. The molecule has 0 atom stereocenters. The van der Waals surface area contributed by atoms with Gasteiger partial charge in [0.15, 0.2) is 5.78 Å². The van der Waals surface area contributed by atoms with Gasteiger partial charge in [-0.3, -0.25) is 9.48 Å². The van der Waals surface area contributed by atoms with Crippen LogP contribution in [-0.2, 0) is 11.3 Å². The molecule has 1 aromatic carbocycles. The van der Waals surface area contributed by atoms with Crippen molar-refractivity contribution >= 4 is 39.3 Å². The third-order valence-electron chi connectivity index (χ3n) is 1.98. The van der Waals surface area contributed by atoms with Crippen LogP contribution in [0.5, 0.6) is 0 Å². The first-order valence-corrected chi connectivity index (χ1v) is 5.35. The summed E-state index contributed by atoms with van der Waals surface area (Å²) in [6.07, 6.45) is 1.79. The van der Waals surface area contributed by atoms with Gasteiger partial charge in [-0.05, 0) is 41.6 Å².